The number of aryl methyl sites for hydroxylation is 1. The van der Waals surface area contributed by atoms with E-state index in [4.69, 9.17) is 4.74 Å². The Hall–Kier alpha value is -2.03. The fourth-order valence-corrected chi connectivity index (χ4v) is 2.53. The summed E-state index contributed by atoms with van der Waals surface area (Å²) >= 11 is 0. The number of rotatable bonds is 5. The van der Waals surface area contributed by atoms with Crippen LogP contribution in [0.5, 0.6) is 5.75 Å². The smallest absolute Gasteiger partial charge is 0.118 e. The van der Waals surface area contributed by atoms with Gasteiger partial charge in [-0.2, -0.15) is 0 Å². The molecule has 20 heavy (non-hydrogen) atoms. The maximum atomic E-state index is 5.23. The summed E-state index contributed by atoms with van der Waals surface area (Å²) in [6.07, 6.45) is 6.36. The van der Waals surface area contributed by atoms with Crippen molar-refractivity contribution in [1.29, 1.82) is 0 Å². The van der Waals surface area contributed by atoms with Gasteiger partial charge in [0.05, 0.1) is 18.8 Å². The topological polar surface area (TPSA) is 34.1 Å². The average molecular weight is 268 g/mol. The van der Waals surface area contributed by atoms with Gasteiger partial charge in [0, 0.05) is 12.4 Å². The second-order valence-corrected chi connectivity index (χ2v) is 5.48. The molecule has 104 valence electrons. The van der Waals surface area contributed by atoms with Crippen molar-refractivity contribution in [2.45, 2.75) is 25.8 Å². The van der Waals surface area contributed by atoms with Gasteiger partial charge in [-0.15, -0.1) is 0 Å². The zero-order valence-electron chi connectivity index (χ0n) is 12.0. The van der Waals surface area contributed by atoms with E-state index in [2.05, 4.69) is 35.4 Å². The number of nitrogens with one attached hydrogen (secondary N) is 1. The summed E-state index contributed by atoms with van der Waals surface area (Å²) in [6, 6.07) is 10.9. The number of hydrogen-bond donors (Lipinski definition) is 1. The van der Waals surface area contributed by atoms with Crippen molar-refractivity contribution in [3.8, 4) is 5.75 Å². The lowest BCUT2D eigenvalue weighted by Gasteiger charge is -2.20. The highest BCUT2D eigenvalue weighted by Gasteiger charge is 2.32. The van der Waals surface area contributed by atoms with Gasteiger partial charge in [-0.3, -0.25) is 4.98 Å². The second-order valence-electron chi connectivity index (χ2n) is 5.48. The van der Waals surface area contributed by atoms with Crippen LogP contribution in [0.25, 0.3) is 0 Å². The monoisotopic (exact) mass is 268 g/mol. The first-order chi connectivity index (χ1) is 9.76. The third-order valence-corrected chi connectivity index (χ3v) is 3.77. The van der Waals surface area contributed by atoms with Gasteiger partial charge in [-0.1, -0.05) is 12.1 Å². The van der Waals surface area contributed by atoms with E-state index in [1.807, 2.05) is 24.5 Å². The molecule has 1 aromatic heterocycles. The molecule has 1 aliphatic rings. The van der Waals surface area contributed by atoms with Crippen molar-refractivity contribution in [2.75, 3.05) is 12.4 Å². The van der Waals surface area contributed by atoms with E-state index in [0.717, 1.165) is 17.4 Å². The number of ether oxygens (including phenoxy) is 1. The number of nitrogens with zero attached hydrogens (tertiary/aromatic N) is 1. The van der Waals surface area contributed by atoms with Crippen molar-refractivity contribution >= 4 is 5.69 Å². The van der Waals surface area contributed by atoms with Crippen molar-refractivity contribution < 1.29 is 4.74 Å². The predicted molar refractivity (Wildman–Crippen MR) is 81.1 cm³/mol. The summed E-state index contributed by atoms with van der Waals surface area (Å²) < 4.78 is 5.23. The normalized spacial score (nSPS) is 15.7. The zero-order chi connectivity index (χ0) is 13.9. The lowest BCUT2D eigenvalue weighted by molar-refractivity contribution is 0.414. The zero-order valence-corrected chi connectivity index (χ0v) is 12.0. The van der Waals surface area contributed by atoms with E-state index < -0.39 is 0 Å². The Labute approximate surface area is 120 Å². The van der Waals surface area contributed by atoms with Crippen LogP contribution < -0.4 is 10.1 Å². The summed E-state index contributed by atoms with van der Waals surface area (Å²) in [5.41, 5.74) is 3.59. The Morgan fingerprint density at radius 1 is 1.20 bits per heavy atom. The van der Waals surface area contributed by atoms with Crippen molar-refractivity contribution in [3.05, 3.63) is 53.9 Å². The average Bonchev–Trinajstić information content (AvgIpc) is 3.30. The Morgan fingerprint density at radius 2 is 1.95 bits per heavy atom. The van der Waals surface area contributed by atoms with Crippen LogP contribution in [0.1, 0.15) is 30.0 Å². The van der Waals surface area contributed by atoms with Crippen LogP contribution in [0.15, 0.2) is 42.7 Å². The SMILES string of the molecule is COc1ccc(C(Nc2cncc(C)c2)C2CC2)cc1. The van der Waals surface area contributed by atoms with Gasteiger partial charge in [0.1, 0.15) is 5.75 Å². The van der Waals surface area contributed by atoms with Gasteiger partial charge in [-0.25, -0.2) is 0 Å². The Balaban J connectivity index is 1.81. The van der Waals surface area contributed by atoms with Crippen LogP contribution >= 0.6 is 0 Å². The van der Waals surface area contributed by atoms with Crippen LogP contribution in [-0.4, -0.2) is 12.1 Å². The van der Waals surface area contributed by atoms with E-state index in [-0.39, 0.29) is 0 Å². The van der Waals surface area contributed by atoms with Gasteiger partial charge < -0.3 is 10.1 Å². The Kier molecular flexibility index (Phi) is 3.59. The lowest BCUT2D eigenvalue weighted by atomic mass is 10.0. The van der Waals surface area contributed by atoms with Gasteiger partial charge in [0.2, 0.25) is 0 Å². The van der Waals surface area contributed by atoms with Crippen molar-refractivity contribution in [1.82, 2.24) is 4.98 Å². The minimum atomic E-state index is 0.365. The minimum Gasteiger partial charge on any atom is -0.497 e. The minimum absolute atomic E-state index is 0.365. The third kappa shape index (κ3) is 2.93. The van der Waals surface area contributed by atoms with E-state index in [1.54, 1.807) is 7.11 Å². The molecule has 2 aromatic rings. The Bertz CT molecular complexity index is 576. The molecule has 3 nitrogen and oxygen atoms in total. The van der Waals surface area contributed by atoms with E-state index >= 15 is 0 Å². The number of aromatic nitrogens is 1. The molecule has 0 spiro atoms. The molecule has 1 atom stereocenters. The second kappa shape index (κ2) is 5.53. The summed E-state index contributed by atoms with van der Waals surface area (Å²) in [7, 11) is 1.70. The van der Waals surface area contributed by atoms with Gasteiger partial charge in [0.15, 0.2) is 0 Å². The van der Waals surface area contributed by atoms with E-state index in [0.29, 0.717) is 6.04 Å². The molecule has 3 heteroatoms. The third-order valence-electron chi connectivity index (χ3n) is 3.77. The first-order valence-electron chi connectivity index (χ1n) is 7.08. The van der Waals surface area contributed by atoms with Crippen LogP contribution in [0.3, 0.4) is 0 Å². The lowest BCUT2D eigenvalue weighted by Crippen LogP contribution is -2.13. The number of methoxy groups -OCH3 is 1. The highest BCUT2D eigenvalue weighted by molar-refractivity contribution is 5.46. The molecular formula is C17H20N2O. The standard InChI is InChI=1S/C17H20N2O/c1-12-9-15(11-18-10-12)19-17(13-3-4-13)14-5-7-16(20-2)8-6-14/h5-11,13,17,19H,3-4H2,1-2H3. The van der Waals surface area contributed by atoms with Gasteiger partial charge in [-0.05, 0) is 55.0 Å². The van der Waals surface area contributed by atoms with Crippen LogP contribution in [0.4, 0.5) is 5.69 Å². The molecule has 0 radical (unpaired) electrons. The molecule has 1 N–H and O–H groups in total. The summed E-state index contributed by atoms with van der Waals surface area (Å²) in [6.45, 7) is 2.07. The predicted octanol–water partition coefficient (Wildman–Crippen LogP) is 3.96. The highest BCUT2D eigenvalue weighted by atomic mass is 16.5. The van der Waals surface area contributed by atoms with Crippen LogP contribution in [-0.2, 0) is 0 Å². The number of pyridine rings is 1. The van der Waals surface area contributed by atoms with Gasteiger partial charge in [0.25, 0.3) is 0 Å². The molecule has 1 aromatic carbocycles. The quantitative estimate of drug-likeness (QED) is 0.891. The maximum Gasteiger partial charge on any atom is 0.118 e. The van der Waals surface area contributed by atoms with Crippen LogP contribution in [0.2, 0.25) is 0 Å². The molecular weight excluding hydrogens is 248 g/mol. The highest BCUT2D eigenvalue weighted by Crippen LogP contribution is 2.43. The van der Waals surface area contributed by atoms with E-state index in [1.165, 1.54) is 24.0 Å². The fourth-order valence-electron chi connectivity index (χ4n) is 2.53. The summed E-state index contributed by atoms with van der Waals surface area (Å²) in [5.74, 6) is 1.63. The maximum absolute atomic E-state index is 5.23. The molecule has 1 fully saturated rings. The fraction of sp³-hybridized carbons (Fsp3) is 0.353. The first kappa shape index (κ1) is 13.0. The summed E-state index contributed by atoms with van der Waals surface area (Å²) in [4.78, 5) is 4.26. The van der Waals surface area contributed by atoms with Crippen molar-refractivity contribution in [2.24, 2.45) is 5.92 Å². The summed E-state index contributed by atoms with van der Waals surface area (Å²) in [5, 5.41) is 3.63. The molecule has 1 aliphatic carbocycles. The molecule has 0 bridgehead atoms. The molecule has 1 saturated carbocycles. The molecule has 0 aliphatic heterocycles. The largest absolute Gasteiger partial charge is 0.497 e. The number of benzene rings is 1. The molecule has 0 amide bonds. The number of anilines is 1. The van der Waals surface area contributed by atoms with Crippen LogP contribution in [0, 0.1) is 12.8 Å². The number of hydrogen-bond acceptors (Lipinski definition) is 3. The molecule has 1 unspecified atom stereocenters. The molecule has 1 heterocycles. The first-order valence-corrected chi connectivity index (χ1v) is 7.08. The van der Waals surface area contributed by atoms with Gasteiger partial charge >= 0.3 is 0 Å². The molecule has 0 saturated heterocycles. The Morgan fingerprint density at radius 3 is 2.55 bits per heavy atom. The van der Waals surface area contributed by atoms with Crippen molar-refractivity contribution in [3.63, 3.8) is 0 Å². The molecule has 3 rings (SSSR count). The van der Waals surface area contributed by atoms with E-state index in [9.17, 15) is 0 Å².